The van der Waals surface area contributed by atoms with Gasteiger partial charge in [-0.3, -0.25) is 0 Å². The topological polar surface area (TPSA) is 159 Å². The third kappa shape index (κ3) is 3.08. The van der Waals surface area contributed by atoms with Crippen molar-refractivity contribution in [2.45, 2.75) is 30.7 Å². The van der Waals surface area contributed by atoms with Crippen molar-refractivity contribution in [2.24, 2.45) is 0 Å². The molecule has 3 rings (SSSR count). The van der Waals surface area contributed by atoms with E-state index >= 15 is 0 Å². The Kier molecular flexibility index (Phi) is 5.03. The van der Waals surface area contributed by atoms with Gasteiger partial charge in [-0.2, -0.15) is 0 Å². The number of hydrogen-bond acceptors (Lipinski definition) is 10. The normalized spacial score (nSPS) is 28.9. The molecule has 10 heteroatoms. The van der Waals surface area contributed by atoms with E-state index in [1.807, 2.05) is 0 Å². The van der Waals surface area contributed by atoms with Crippen molar-refractivity contribution in [3.63, 3.8) is 0 Å². The molecular weight excluding hydrogens is 352 g/mol. The predicted molar refractivity (Wildman–Crippen MR) is 85.1 cm³/mol. The van der Waals surface area contributed by atoms with Crippen molar-refractivity contribution < 1.29 is 44.2 Å². The first-order valence-electron chi connectivity index (χ1n) is 7.68. The lowest BCUT2D eigenvalue weighted by Crippen LogP contribution is -2.60. The van der Waals surface area contributed by atoms with Gasteiger partial charge in [-0.15, -0.1) is 0 Å². The highest BCUT2D eigenvalue weighted by atomic mass is 16.7. The van der Waals surface area contributed by atoms with Crippen LogP contribution in [0.2, 0.25) is 0 Å². The van der Waals surface area contributed by atoms with Gasteiger partial charge in [0.25, 0.3) is 0 Å². The minimum absolute atomic E-state index is 0.0424. The molecule has 0 unspecified atom stereocenters. The second-order valence-electron chi connectivity index (χ2n) is 5.74. The molecule has 1 aliphatic rings. The first-order chi connectivity index (χ1) is 12.4. The summed E-state index contributed by atoms with van der Waals surface area (Å²) in [5, 5.41) is 49.7. The summed E-state index contributed by atoms with van der Waals surface area (Å²) in [5.74, 6) is -0.839. The fourth-order valence-corrected chi connectivity index (χ4v) is 2.70. The summed E-state index contributed by atoms with van der Waals surface area (Å²) >= 11 is 0. The molecule has 0 spiro atoms. The number of aliphatic hydroxyl groups is 4. The number of phenolic OH excluding ortho intramolecular Hbond substituents is 1. The lowest BCUT2D eigenvalue weighted by Gasteiger charge is -2.39. The first-order valence-corrected chi connectivity index (χ1v) is 7.68. The highest BCUT2D eigenvalue weighted by Gasteiger charge is 2.45. The zero-order valence-electron chi connectivity index (χ0n) is 13.6. The molecule has 1 aromatic heterocycles. The van der Waals surface area contributed by atoms with E-state index in [9.17, 15) is 30.3 Å². The zero-order valence-corrected chi connectivity index (χ0v) is 13.6. The minimum Gasteiger partial charge on any atom is -0.502 e. The van der Waals surface area contributed by atoms with Crippen molar-refractivity contribution >= 4 is 11.0 Å². The lowest BCUT2D eigenvalue weighted by atomic mass is 9.99. The molecule has 0 bridgehead atoms. The molecule has 1 saturated heterocycles. The van der Waals surface area contributed by atoms with Crippen molar-refractivity contribution in [3.05, 3.63) is 28.6 Å². The van der Waals surface area contributed by atoms with Crippen molar-refractivity contribution in [3.8, 4) is 17.2 Å². The van der Waals surface area contributed by atoms with Gasteiger partial charge in [0.05, 0.1) is 13.7 Å². The van der Waals surface area contributed by atoms with Crippen LogP contribution in [0.3, 0.4) is 0 Å². The summed E-state index contributed by atoms with van der Waals surface area (Å²) in [6.07, 6.45) is -7.63. The first kappa shape index (κ1) is 18.4. The van der Waals surface area contributed by atoms with Crippen LogP contribution in [0, 0.1) is 0 Å². The summed E-state index contributed by atoms with van der Waals surface area (Å²) in [6, 6.07) is 4.01. The Bertz CT molecular complexity index is 845. The molecule has 10 nitrogen and oxygen atoms in total. The number of hydrogen-bond donors (Lipinski definition) is 5. The van der Waals surface area contributed by atoms with E-state index in [0.717, 1.165) is 0 Å². The summed E-state index contributed by atoms with van der Waals surface area (Å²) < 4.78 is 20.8. The van der Waals surface area contributed by atoms with Crippen LogP contribution in [0.25, 0.3) is 11.0 Å². The summed E-state index contributed by atoms with van der Waals surface area (Å²) in [6.45, 7) is -0.638. The third-order valence-electron chi connectivity index (χ3n) is 4.11. The number of benzene rings is 1. The molecule has 0 saturated carbocycles. The van der Waals surface area contributed by atoms with Crippen molar-refractivity contribution in [1.29, 1.82) is 0 Å². The van der Waals surface area contributed by atoms with Crippen LogP contribution in [-0.4, -0.2) is 70.0 Å². The molecule has 1 aromatic carbocycles. The molecule has 142 valence electrons. The third-order valence-corrected chi connectivity index (χ3v) is 4.11. The van der Waals surface area contributed by atoms with Crippen molar-refractivity contribution in [2.75, 3.05) is 13.7 Å². The van der Waals surface area contributed by atoms with Crippen LogP contribution >= 0.6 is 0 Å². The van der Waals surface area contributed by atoms with Crippen LogP contribution in [0.1, 0.15) is 0 Å². The van der Waals surface area contributed by atoms with Gasteiger partial charge in [0, 0.05) is 11.5 Å². The number of aliphatic hydroxyl groups excluding tert-OH is 4. The van der Waals surface area contributed by atoms with E-state index in [1.165, 1.54) is 25.3 Å². The quantitative estimate of drug-likeness (QED) is 0.409. The predicted octanol–water partition coefficient (Wildman–Crippen LogP) is -1.31. The maximum Gasteiger partial charge on any atom is 0.336 e. The Labute approximate surface area is 146 Å². The largest absolute Gasteiger partial charge is 0.502 e. The molecule has 1 fully saturated rings. The van der Waals surface area contributed by atoms with E-state index < -0.39 is 48.7 Å². The van der Waals surface area contributed by atoms with Gasteiger partial charge < -0.3 is 44.2 Å². The highest BCUT2D eigenvalue weighted by Crippen LogP contribution is 2.43. The molecule has 2 aromatic rings. The molecule has 5 atom stereocenters. The number of aromatic hydroxyl groups is 1. The maximum atomic E-state index is 11.4. The summed E-state index contributed by atoms with van der Waals surface area (Å²) in [4.78, 5) is 11.4. The average Bonchev–Trinajstić information content (AvgIpc) is 2.64. The van der Waals surface area contributed by atoms with Crippen molar-refractivity contribution in [1.82, 2.24) is 0 Å². The van der Waals surface area contributed by atoms with Gasteiger partial charge in [-0.25, -0.2) is 4.79 Å². The highest BCUT2D eigenvalue weighted by molar-refractivity contribution is 5.87. The fraction of sp³-hybridized carbons (Fsp3) is 0.438. The van der Waals surface area contributed by atoms with Crippen LogP contribution in [0.5, 0.6) is 17.2 Å². The number of ether oxygens (including phenoxy) is 3. The van der Waals surface area contributed by atoms with Crippen LogP contribution < -0.4 is 15.1 Å². The van der Waals surface area contributed by atoms with E-state index in [2.05, 4.69) is 0 Å². The number of methoxy groups -OCH3 is 1. The van der Waals surface area contributed by atoms with Gasteiger partial charge in [-0.05, 0) is 12.1 Å². The second-order valence-corrected chi connectivity index (χ2v) is 5.74. The standard InChI is InChI=1S/C16H18O10/c1-23-7-4-6-2-3-9(18)25-14(6)13(22)15(7)26-16-12(21)11(20)10(19)8(5-17)24-16/h2-4,8,10-12,16-17,19-22H,5H2,1H3/t8-,10-,11+,12-,16+/m1/s1. The average molecular weight is 370 g/mol. The smallest absolute Gasteiger partial charge is 0.336 e. The van der Waals surface area contributed by atoms with Gasteiger partial charge in [-0.1, -0.05) is 0 Å². The number of fused-ring (bicyclic) bond motifs is 1. The number of rotatable bonds is 4. The Morgan fingerprint density at radius 1 is 1.15 bits per heavy atom. The molecule has 0 amide bonds. The SMILES string of the molecule is COc1cc2ccc(=O)oc2c(O)c1O[C@@H]1O[C@H](CO)[C@@H](O)[C@H](O)[C@H]1O. The number of phenols is 1. The van der Waals surface area contributed by atoms with Crippen LogP contribution in [0.4, 0.5) is 0 Å². The monoisotopic (exact) mass is 370 g/mol. The fourth-order valence-electron chi connectivity index (χ4n) is 2.70. The molecule has 0 aliphatic carbocycles. The second kappa shape index (κ2) is 7.09. The molecular formula is C16H18O10. The van der Waals surface area contributed by atoms with Gasteiger partial charge in [0.15, 0.2) is 11.3 Å². The molecule has 1 aliphatic heterocycles. The summed E-state index contributed by atoms with van der Waals surface area (Å²) in [5.41, 5.74) is -0.866. The molecule has 5 N–H and O–H groups in total. The van der Waals surface area contributed by atoms with Gasteiger partial charge >= 0.3 is 5.63 Å². The van der Waals surface area contributed by atoms with E-state index in [4.69, 9.17) is 18.6 Å². The Balaban J connectivity index is 2.02. The molecule has 26 heavy (non-hydrogen) atoms. The van der Waals surface area contributed by atoms with E-state index in [0.29, 0.717) is 5.39 Å². The zero-order chi connectivity index (χ0) is 19.0. The Morgan fingerprint density at radius 2 is 1.88 bits per heavy atom. The van der Waals surface area contributed by atoms with E-state index in [-0.39, 0.29) is 17.1 Å². The lowest BCUT2D eigenvalue weighted by molar-refractivity contribution is -0.277. The molecule has 2 heterocycles. The maximum absolute atomic E-state index is 11.4. The van der Waals surface area contributed by atoms with Gasteiger partial charge in [0.1, 0.15) is 24.4 Å². The Morgan fingerprint density at radius 3 is 2.54 bits per heavy atom. The minimum atomic E-state index is -1.68. The van der Waals surface area contributed by atoms with Crippen LogP contribution in [0.15, 0.2) is 27.4 Å². The van der Waals surface area contributed by atoms with E-state index in [1.54, 1.807) is 0 Å². The van der Waals surface area contributed by atoms with Gasteiger partial charge in [0.2, 0.25) is 17.8 Å². The molecule has 0 radical (unpaired) electrons. The van der Waals surface area contributed by atoms with Crippen LogP contribution in [-0.2, 0) is 4.74 Å². The summed E-state index contributed by atoms with van der Waals surface area (Å²) in [7, 11) is 1.31. The Hall–Kier alpha value is -2.37.